The zero-order chi connectivity index (χ0) is 19.3. The molecule has 0 aliphatic carbocycles. The molecule has 0 fully saturated rings. The minimum absolute atomic E-state index is 0.769. The average Bonchev–Trinajstić information content (AvgIpc) is 3.16. The van der Waals surface area contributed by atoms with Crippen LogP contribution in [-0.4, -0.2) is 16.1 Å². The fourth-order valence-corrected chi connectivity index (χ4v) is 2.86. The normalized spacial score (nSPS) is 10.3. The maximum Gasteiger partial charge on any atom is 0.0963 e. The second-order valence-electron chi connectivity index (χ2n) is 6.72. The van der Waals surface area contributed by atoms with Gasteiger partial charge < -0.3 is 10.3 Å². The molecular weight excluding hydrogens is 330 g/mol. The molecule has 0 aliphatic heterocycles. The molecular formula is C24H33N3. The van der Waals surface area contributed by atoms with E-state index in [0.29, 0.717) is 0 Å². The molecule has 0 saturated carbocycles. The Morgan fingerprint density at radius 3 is 1.93 bits per heavy atom. The Hall–Kier alpha value is -2.39. The van der Waals surface area contributed by atoms with Gasteiger partial charge in [-0.1, -0.05) is 93.8 Å². The van der Waals surface area contributed by atoms with Crippen molar-refractivity contribution in [3.05, 3.63) is 67.0 Å². The van der Waals surface area contributed by atoms with E-state index in [0.717, 1.165) is 43.6 Å². The van der Waals surface area contributed by atoms with E-state index < -0.39 is 0 Å². The molecule has 3 aromatic rings. The Morgan fingerprint density at radius 1 is 0.778 bits per heavy atom. The lowest BCUT2D eigenvalue weighted by Crippen LogP contribution is -2.02. The lowest BCUT2D eigenvalue weighted by atomic mass is 10.0. The minimum Gasteiger partial charge on any atom is -0.330 e. The van der Waals surface area contributed by atoms with Crippen LogP contribution in [0.25, 0.3) is 22.5 Å². The predicted octanol–water partition coefficient (Wildman–Crippen LogP) is 6.15. The van der Waals surface area contributed by atoms with E-state index in [4.69, 9.17) is 10.7 Å². The van der Waals surface area contributed by atoms with E-state index in [1.807, 2.05) is 18.5 Å². The summed E-state index contributed by atoms with van der Waals surface area (Å²) in [7, 11) is 0. The molecule has 0 atom stereocenters. The highest BCUT2D eigenvalue weighted by Crippen LogP contribution is 2.31. The zero-order valence-corrected chi connectivity index (χ0v) is 16.8. The van der Waals surface area contributed by atoms with Crippen LogP contribution < -0.4 is 5.73 Å². The molecule has 2 aromatic carbocycles. The summed E-state index contributed by atoms with van der Waals surface area (Å²) in [5.74, 6) is 0. The first-order valence-electron chi connectivity index (χ1n) is 10.2. The van der Waals surface area contributed by atoms with Crippen LogP contribution in [0.5, 0.6) is 0 Å². The molecule has 0 saturated heterocycles. The van der Waals surface area contributed by atoms with Crippen molar-refractivity contribution >= 4 is 0 Å². The van der Waals surface area contributed by atoms with E-state index in [-0.39, 0.29) is 0 Å². The van der Waals surface area contributed by atoms with Gasteiger partial charge in [0.05, 0.1) is 17.7 Å². The minimum atomic E-state index is 0.769. The zero-order valence-electron chi connectivity index (χ0n) is 16.8. The Morgan fingerprint density at radius 2 is 1.37 bits per heavy atom. The van der Waals surface area contributed by atoms with Gasteiger partial charge in [-0.25, -0.2) is 4.98 Å². The van der Waals surface area contributed by atoms with Gasteiger partial charge >= 0.3 is 0 Å². The molecule has 0 radical (unpaired) electrons. The number of aryl methyl sites for hydroxylation is 1. The number of aromatic nitrogens is 2. The van der Waals surface area contributed by atoms with Gasteiger partial charge in [-0.15, -0.1) is 0 Å². The second-order valence-corrected chi connectivity index (χ2v) is 6.72. The van der Waals surface area contributed by atoms with Crippen LogP contribution in [-0.2, 0) is 6.54 Å². The van der Waals surface area contributed by atoms with Crippen molar-refractivity contribution in [1.29, 1.82) is 0 Å². The third-order valence-corrected chi connectivity index (χ3v) is 4.54. The standard InChI is InChI=1S/C20H23N3.C4H10/c21-14-8-3-9-15-23-16-22-19(17-10-4-1-5-11-17)20(23)18-12-6-2-7-13-18;1-3-4-2/h1-2,4-7,10-13,16H,3,8-9,14-15,21H2;3-4H2,1-2H3. The summed E-state index contributed by atoms with van der Waals surface area (Å²) in [6.07, 6.45) is 7.97. The topological polar surface area (TPSA) is 43.8 Å². The Bertz CT molecular complexity index is 746. The first-order chi connectivity index (χ1) is 13.3. The van der Waals surface area contributed by atoms with Crippen LogP contribution >= 0.6 is 0 Å². The number of benzene rings is 2. The van der Waals surface area contributed by atoms with Crippen LogP contribution in [0.1, 0.15) is 46.0 Å². The quantitative estimate of drug-likeness (QED) is 0.488. The summed E-state index contributed by atoms with van der Waals surface area (Å²) >= 11 is 0. The van der Waals surface area contributed by atoms with E-state index >= 15 is 0 Å². The van der Waals surface area contributed by atoms with Crippen molar-refractivity contribution in [3.8, 4) is 22.5 Å². The molecule has 144 valence electrons. The number of rotatable bonds is 8. The molecule has 0 spiro atoms. The van der Waals surface area contributed by atoms with E-state index in [1.54, 1.807) is 0 Å². The van der Waals surface area contributed by atoms with E-state index in [9.17, 15) is 0 Å². The van der Waals surface area contributed by atoms with Gasteiger partial charge in [0.2, 0.25) is 0 Å². The third kappa shape index (κ3) is 6.37. The molecule has 0 unspecified atom stereocenters. The smallest absolute Gasteiger partial charge is 0.0963 e. The highest BCUT2D eigenvalue weighted by molar-refractivity contribution is 5.78. The van der Waals surface area contributed by atoms with Gasteiger partial charge in [-0.2, -0.15) is 0 Å². The van der Waals surface area contributed by atoms with Gasteiger partial charge in [-0.05, 0) is 19.4 Å². The summed E-state index contributed by atoms with van der Waals surface area (Å²) in [5.41, 5.74) is 10.2. The SMILES string of the molecule is CCCC.NCCCCCn1cnc(-c2ccccc2)c1-c1ccccc1. The van der Waals surface area contributed by atoms with Crippen molar-refractivity contribution in [1.82, 2.24) is 9.55 Å². The first kappa shape index (κ1) is 20.9. The van der Waals surface area contributed by atoms with E-state index in [2.05, 4.69) is 66.9 Å². The predicted molar refractivity (Wildman–Crippen MR) is 117 cm³/mol. The molecule has 3 nitrogen and oxygen atoms in total. The maximum atomic E-state index is 5.59. The fourth-order valence-electron chi connectivity index (χ4n) is 2.86. The summed E-state index contributed by atoms with van der Waals surface area (Å²) in [5, 5.41) is 0. The molecule has 2 N–H and O–H groups in total. The van der Waals surface area contributed by atoms with Crippen LogP contribution in [0, 0.1) is 0 Å². The summed E-state index contributed by atoms with van der Waals surface area (Å²) in [6, 6.07) is 20.9. The lowest BCUT2D eigenvalue weighted by Gasteiger charge is -2.10. The van der Waals surface area contributed by atoms with Gasteiger partial charge in [0.1, 0.15) is 0 Å². The molecule has 0 bridgehead atoms. The number of nitrogens with zero attached hydrogens (tertiary/aromatic N) is 2. The number of unbranched alkanes of at least 4 members (excludes halogenated alkanes) is 3. The summed E-state index contributed by atoms with van der Waals surface area (Å²) in [6.45, 7) is 6.11. The molecule has 0 aliphatic rings. The first-order valence-corrected chi connectivity index (χ1v) is 10.2. The molecule has 0 amide bonds. The number of hydrogen-bond donors (Lipinski definition) is 1. The number of nitrogens with two attached hydrogens (primary N) is 1. The monoisotopic (exact) mass is 363 g/mol. The Labute approximate surface area is 164 Å². The summed E-state index contributed by atoms with van der Waals surface area (Å²) < 4.78 is 2.27. The third-order valence-electron chi connectivity index (χ3n) is 4.54. The second kappa shape index (κ2) is 12.1. The van der Waals surface area contributed by atoms with Crippen LogP contribution in [0.3, 0.4) is 0 Å². The van der Waals surface area contributed by atoms with Gasteiger partial charge in [0, 0.05) is 17.7 Å². The Balaban J connectivity index is 0.000000596. The van der Waals surface area contributed by atoms with E-state index in [1.165, 1.54) is 24.1 Å². The summed E-state index contributed by atoms with van der Waals surface area (Å²) in [4.78, 5) is 4.70. The largest absolute Gasteiger partial charge is 0.330 e. The van der Waals surface area contributed by atoms with Crippen LogP contribution in [0.4, 0.5) is 0 Å². The lowest BCUT2D eigenvalue weighted by molar-refractivity contribution is 0.594. The number of imidazole rings is 1. The average molecular weight is 364 g/mol. The van der Waals surface area contributed by atoms with Gasteiger partial charge in [-0.3, -0.25) is 0 Å². The van der Waals surface area contributed by atoms with Crippen LogP contribution in [0.2, 0.25) is 0 Å². The maximum absolute atomic E-state index is 5.59. The molecule has 3 heteroatoms. The van der Waals surface area contributed by atoms with Crippen LogP contribution in [0.15, 0.2) is 67.0 Å². The molecule has 1 aromatic heterocycles. The fraction of sp³-hybridized carbons (Fsp3) is 0.375. The van der Waals surface area contributed by atoms with Crippen molar-refractivity contribution in [2.75, 3.05) is 6.54 Å². The highest BCUT2D eigenvalue weighted by atomic mass is 15.1. The molecule has 27 heavy (non-hydrogen) atoms. The highest BCUT2D eigenvalue weighted by Gasteiger charge is 2.14. The molecule has 1 heterocycles. The van der Waals surface area contributed by atoms with Crippen molar-refractivity contribution in [2.24, 2.45) is 5.73 Å². The molecule has 3 rings (SSSR count). The Kier molecular flexibility index (Phi) is 9.36. The van der Waals surface area contributed by atoms with Crippen molar-refractivity contribution in [3.63, 3.8) is 0 Å². The van der Waals surface area contributed by atoms with Gasteiger partial charge in [0.25, 0.3) is 0 Å². The van der Waals surface area contributed by atoms with Gasteiger partial charge in [0.15, 0.2) is 0 Å². The van der Waals surface area contributed by atoms with Crippen molar-refractivity contribution in [2.45, 2.75) is 52.5 Å². The number of hydrogen-bond acceptors (Lipinski definition) is 2. The van der Waals surface area contributed by atoms with Crippen molar-refractivity contribution < 1.29 is 0 Å².